The summed E-state index contributed by atoms with van der Waals surface area (Å²) in [6, 6.07) is 11.4. The first-order valence-corrected chi connectivity index (χ1v) is 5.88. The summed E-state index contributed by atoms with van der Waals surface area (Å²) in [6.45, 7) is 1.45. The van der Waals surface area contributed by atoms with E-state index in [1.807, 2.05) is 36.4 Å². The first kappa shape index (κ1) is 15.0. The Bertz CT molecular complexity index is 431. The Kier molecular flexibility index (Phi) is 6.36. The third-order valence-electron chi connectivity index (χ3n) is 2.57. The number of rotatable bonds is 2. The number of benzene rings is 1. The van der Waals surface area contributed by atoms with Crippen LogP contribution in [-0.2, 0) is 11.3 Å². The molecule has 1 amide bonds. The van der Waals surface area contributed by atoms with E-state index >= 15 is 0 Å². The van der Waals surface area contributed by atoms with Gasteiger partial charge >= 0.3 is 6.09 Å². The molecule has 19 heavy (non-hydrogen) atoms. The first-order valence-electron chi connectivity index (χ1n) is 5.88. The van der Waals surface area contributed by atoms with E-state index in [9.17, 15) is 4.79 Å². The molecule has 102 valence electrons. The van der Waals surface area contributed by atoms with Gasteiger partial charge in [-0.15, -0.1) is 0 Å². The van der Waals surface area contributed by atoms with Crippen LogP contribution in [0, 0.1) is 17.2 Å². The molecule has 2 unspecified atom stereocenters. The molecule has 1 fully saturated rings. The predicted octanol–water partition coefficient (Wildman–Crippen LogP) is 0.372. The van der Waals surface area contributed by atoms with Crippen LogP contribution in [0.5, 0.6) is 0 Å². The maximum atomic E-state index is 10.2. The van der Waals surface area contributed by atoms with Gasteiger partial charge in [-0.05, 0) is 5.56 Å². The highest BCUT2D eigenvalue weighted by Gasteiger charge is 2.23. The molecule has 0 spiro atoms. The van der Waals surface area contributed by atoms with Gasteiger partial charge in [0.05, 0.1) is 18.1 Å². The fraction of sp³-hybridized carbons (Fsp3) is 0.385. The molecule has 1 aromatic rings. The second kappa shape index (κ2) is 8.08. The van der Waals surface area contributed by atoms with Crippen LogP contribution in [0.25, 0.3) is 0 Å². The van der Waals surface area contributed by atoms with E-state index in [-0.39, 0.29) is 12.5 Å². The quantitative estimate of drug-likeness (QED) is 0.714. The second-order valence-electron chi connectivity index (χ2n) is 4.05. The highest BCUT2D eigenvalue weighted by Crippen LogP contribution is 2.05. The van der Waals surface area contributed by atoms with Crippen molar-refractivity contribution in [2.24, 2.45) is 11.7 Å². The molecular weight excluding hydrogens is 246 g/mol. The van der Waals surface area contributed by atoms with Crippen molar-refractivity contribution in [2.45, 2.75) is 12.7 Å². The van der Waals surface area contributed by atoms with Gasteiger partial charge in [-0.1, -0.05) is 30.3 Å². The number of ether oxygens (including phenoxy) is 1. The standard InChI is InChI=1S/C8H9NO2.C5H8N2O/c9-8(10)11-6-7-4-2-1-3-5-7;6-1-4-2-7-3-5(4)8/h1-5H,6H2,(H2,9,10);4-5,7-8H,2-3H2. The summed E-state index contributed by atoms with van der Waals surface area (Å²) in [5, 5.41) is 20.1. The molecule has 2 atom stereocenters. The minimum Gasteiger partial charge on any atom is -0.445 e. The van der Waals surface area contributed by atoms with Crippen molar-refractivity contribution in [3.8, 4) is 6.07 Å². The summed E-state index contributed by atoms with van der Waals surface area (Å²) in [5.74, 6) is -0.185. The van der Waals surface area contributed by atoms with Gasteiger partial charge < -0.3 is 20.9 Å². The summed E-state index contributed by atoms with van der Waals surface area (Å²) in [6.07, 6.45) is -1.19. The monoisotopic (exact) mass is 263 g/mol. The zero-order valence-electron chi connectivity index (χ0n) is 10.5. The van der Waals surface area contributed by atoms with Crippen molar-refractivity contribution in [2.75, 3.05) is 13.1 Å². The van der Waals surface area contributed by atoms with E-state index < -0.39 is 12.2 Å². The van der Waals surface area contributed by atoms with Gasteiger partial charge in [-0.25, -0.2) is 4.79 Å². The topological polar surface area (TPSA) is 108 Å². The summed E-state index contributed by atoms with van der Waals surface area (Å²) in [4.78, 5) is 10.2. The Morgan fingerprint density at radius 2 is 2.16 bits per heavy atom. The predicted molar refractivity (Wildman–Crippen MR) is 68.8 cm³/mol. The van der Waals surface area contributed by atoms with E-state index in [1.165, 1.54) is 0 Å². The third-order valence-corrected chi connectivity index (χ3v) is 2.57. The molecule has 1 heterocycles. The lowest BCUT2D eigenvalue weighted by molar-refractivity contribution is 0.150. The number of hydrogen-bond acceptors (Lipinski definition) is 5. The number of nitrogens with two attached hydrogens (primary N) is 1. The smallest absolute Gasteiger partial charge is 0.404 e. The fourth-order valence-electron chi connectivity index (χ4n) is 1.53. The van der Waals surface area contributed by atoms with Crippen LogP contribution in [0.3, 0.4) is 0 Å². The van der Waals surface area contributed by atoms with Crippen LogP contribution in [0.4, 0.5) is 4.79 Å². The Balaban J connectivity index is 0.000000200. The molecule has 0 radical (unpaired) electrons. The number of nitrogens with zero attached hydrogens (tertiary/aromatic N) is 1. The van der Waals surface area contributed by atoms with Crippen LogP contribution >= 0.6 is 0 Å². The van der Waals surface area contributed by atoms with Crippen LogP contribution < -0.4 is 11.1 Å². The molecule has 2 rings (SSSR count). The number of nitriles is 1. The Labute approximate surface area is 111 Å². The van der Waals surface area contributed by atoms with Gasteiger partial charge in [0.1, 0.15) is 6.61 Å². The molecule has 0 saturated carbocycles. The third kappa shape index (κ3) is 5.86. The minimum atomic E-state index is -0.742. The zero-order valence-corrected chi connectivity index (χ0v) is 10.5. The molecule has 0 aliphatic carbocycles. The van der Waals surface area contributed by atoms with Crippen LogP contribution in [-0.4, -0.2) is 30.4 Å². The fourth-order valence-corrected chi connectivity index (χ4v) is 1.53. The lowest BCUT2D eigenvalue weighted by Crippen LogP contribution is -2.15. The van der Waals surface area contributed by atoms with E-state index in [1.54, 1.807) is 0 Å². The van der Waals surface area contributed by atoms with Crippen molar-refractivity contribution >= 4 is 6.09 Å². The number of carbonyl (C=O) groups excluding carboxylic acids is 1. The summed E-state index contributed by atoms with van der Waals surface area (Å²) in [7, 11) is 0. The van der Waals surface area contributed by atoms with Gasteiger partial charge in [0.25, 0.3) is 0 Å². The average molecular weight is 263 g/mol. The number of aliphatic hydroxyl groups is 1. The zero-order chi connectivity index (χ0) is 14.1. The molecule has 6 nitrogen and oxygen atoms in total. The first-order chi connectivity index (χ1) is 9.13. The lowest BCUT2D eigenvalue weighted by atomic mass is 10.1. The van der Waals surface area contributed by atoms with Crippen molar-refractivity contribution in [1.29, 1.82) is 5.26 Å². The number of β-amino-alcohol motifs (C(OH)–C–C–N with tert-alkyl or cyclic N) is 1. The molecule has 1 aromatic carbocycles. The van der Waals surface area contributed by atoms with Crippen molar-refractivity contribution in [3.05, 3.63) is 35.9 Å². The van der Waals surface area contributed by atoms with Crippen molar-refractivity contribution in [1.82, 2.24) is 5.32 Å². The number of nitrogens with one attached hydrogen (secondary N) is 1. The Morgan fingerprint density at radius 3 is 2.58 bits per heavy atom. The van der Waals surface area contributed by atoms with Gasteiger partial charge in [0.15, 0.2) is 0 Å². The van der Waals surface area contributed by atoms with E-state index in [0.29, 0.717) is 13.1 Å². The van der Waals surface area contributed by atoms with E-state index in [4.69, 9.17) is 16.1 Å². The Hall–Kier alpha value is -2.10. The summed E-state index contributed by atoms with van der Waals surface area (Å²) in [5.41, 5.74) is 5.72. The molecule has 1 aliphatic heterocycles. The highest BCUT2D eigenvalue weighted by atomic mass is 16.5. The second-order valence-corrected chi connectivity index (χ2v) is 4.05. The molecule has 1 aliphatic rings. The van der Waals surface area contributed by atoms with E-state index in [0.717, 1.165) is 5.56 Å². The Morgan fingerprint density at radius 1 is 1.47 bits per heavy atom. The van der Waals surface area contributed by atoms with Crippen LogP contribution in [0.15, 0.2) is 30.3 Å². The molecule has 0 bridgehead atoms. The van der Waals surface area contributed by atoms with Gasteiger partial charge in [-0.3, -0.25) is 0 Å². The average Bonchev–Trinajstić information content (AvgIpc) is 2.84. The largest absolute Gasteiger partial charge is 0.445 e. The molecule has 0 aromatic heterocycles. The molecule has 4 N–H and O–H groups in total. The van der Waals surface area contributed by atoms with Gasteiger partial charge in [0.2, 0.25) is 0 Å². The SMILES string of the molecule is N#CC1CNCC1O.NC(=O)OCc1ccccc1. The summed E-state index contributed by atoms with van der Waals surface area (Å²) < 4.78 is 4.57. The van der Waals surface area contributed by atoms with Crippen LogP contribution in [0.1, 0.15) is 5.56 Å². The van der Waals surface area contributed by atoms with Crippen molar-refractivity contribution in [3.63, 3.8) is 0 Å². The highest BCUT2D eigenvalue weighted by molar-refractivity contribution is 5.64. The van der Waals surface area contributed by atoms with Crippen molar-refractivity contribution < 1.29 is 14.6 Å². The number of hydrogen-bond donors (Lipinski definition) is 3. The number of amides is 1. The maximum Gasteiger partial charge on any atom is 0.404 e. The number of aliphatic hydroxyl groups excluding tert-OH is 1. The van der Waals surface area contributed by atoms with Crippen LogP contribution in [0.2, 0.25) is 0 Å². The maximum absolute atomic E-state index is 10.2. The van der Waals surface area contributed by atoms with E-state index in [2.05, 4.69) is 10.1 Å². The lowest BCUT2D eigenvalue weighted by Gasteiger charge is -1.99. The minimum absolute atomic E-state index is 0.185. The summed E-state index contributed by atoms with van der Waals surface area (Å²) >= 11 is 0. The number of primary amides is 1. The molecular formula is C13H17N3O3. The number of carbonyl (C=O) groups is 1. The molecule has 6 heteroatoms. The van der Waals surface area contributed by atoms with Gasteiger partial charge in [0, 0.05) is 13.1 Å². The van der Waals surface area contributed by atoms with Gasteiger partial charge in [-0.2, -0.15) is 5.26 Å². The normalized spacial score (nSPS) is 20.8. The molecule has 1 saturated heterocycles.